The van der Waals surface area contributed by atoms with Crippen LogP contribution >= 0.6 is 0 Å². The van der Waals surface area contributed by atoms with E-state index in [1.807, 2.05) is 0 Å². The second-order valence-corrected chi connectivity index (χ2v) is 1.63. The lowest BCUT2D eigenvalue weighted by Gasteiger charge is -1.98. The van der Waals surface area contributed by atoms with Crippen molar-refractivity contribution in [3.63, 3.8) is 0 Å². The molecule has 0 saturated heterocycles. The number of aliphatic carboxylic acids is 2. The molecule has 11 heavy (non-hydrogen) atoms. The van der Waals surface area contributed by atoms with Gasteiger partial charge in [0.15, 0.2) is 6.29 Å². The van der Waals surface area contributed by atoms with E-state index in [0.717, 1.165) is 0 Å². The first-order chi connectivity index (χ1) is 5.00. The zero-order chi connectivity index (χ0) is 9.02. The Kier molecular flexibility index (Phi) is 2.91. The molecule has 0 aromatic heterocycles. The van der Waals surface area contributed by atoms with E-state index in [2.05, 4.69) is 0 Å². The maximum Gasteiger partial charge on any atom is 0.326 e. The van der Waals surface area contributed by atoms with Crippen LogP contribution in [0.1, 0.15) is 0 Å². The van der Waals surface area contributed by atoms with Gasteiger partial charge in [-0.25, -0.2) is 0 Å². The zero-order valence-corrected chi connectivity index (χ0v) is 5.18. The van der Waals surface area contributed by atoms with Crippen molar-refractivity contribution in [2.45, 2.75) is 0 Å². The van der Waals surface area contributed by atoms with Gasteiger partial charge >= 0.3 is 11.9 Å². The topological polar surface area (TPSA) is 109 Å². The fraction of sp³-hybridized carbons (Fsp3) is 0.200. The molecule has 2 N–H and O–H groups in total. The second-order valence-electron chi connectivity index (χ2n) is 1.63. The average Bonchev–Trinajstić information content (AvgIpc) is 1.85. The lowest BCUT2D eigenvalue weighted by molar-refractivity contribution is -0.158. The number of hydrogen-bond acceptors (Lipinski definition) is 4. The van der Waals surface area contributed by atoms with Crippen molar-refractivity contribution in [1.82, 2.24) is 0 Å². The zero-order valence-electron chi connectivity index (χ0n) is 5.18. The van der Waals surface area contributed by atoms with Gasteiger partial charge in [0.1, 0.15) is 0 Å². The van der Waals surface area contributed by atoms with E-state index in [1.54, 1.807) is 0 Å². The molecule has 6 nitrogen and oxygen atoms in total. The first kappa shape index (κ1) is 9.28. The third-order valence-corrected chi connectivity index (χ3v) is 0.895. The van der Waals surface area contributed by atoms with Gasteiger partial charge in [-0.15, -0.1) is 0 Å². The molecule has 0 atom stereocenters. The van der Waals surface area contributed by atoms with Crippen LogP contribution in [0.15, 0.2) is 0 Å². The summed E-state index contributed by atoms with van der Waals surface area (Å²) >= 11 is 0. The molecule has 6 heteroatoms. The Morgan fingerprint density at radius 2 is 1.45 bits per heavy atom. The summed E-state index contributed by atoms with van der Waals surface area (Å²) < 4.78 is 0. The highest BCUT2D eigenvalue weighted by Crippen LogP contribution is 1.96. The van der Waals surface area contributed by atoms with E-state index in [0.29, 0.717) is 0 Å². The summed E-state index contributed by atoms with van der Waals surface area (Å²) in [6.45, 7) is 0. The van der Waals surface area contributed by atoms with Gasteiger partial charge in [-0.2, -0.15) is 0 Å². The van der Waals surface area contributed by atoms with Gasteiger partial charge in [0, 0.05) is 0 Å². The number of carboxylic acid groups (broad SMARTS) is 2. The van der Waals surface area contributed by atoms with Crippen LogP contribution in [0.4, 0.5) is 0 Å². The molecule has 0 aliphatic rings. The number of carbonyl (C=O) groups is 4. The quantitative estimate of drug-likeness (QED) is 0.295. The minimum atomic E-state index is -2.27. The molecular weight excluding hydrogens is 156 g/mol. The number of carbonyl (C=O) groups excluding carboxylic acids is 2. The molecule has 0 bridgehead atoms. The Labute approximate surface area is 60.4 Å². The summed E-state index contributed by atoms with van der Waals surface area (Å²) in [5.41, 5.74) is 0. The van der Waals surface area contributed by atoms with Crippen molar-refractivity contribution in [1.29, 1.82) is 0 Å². The van der Waals surface area contributed by atoms with Crippen LogP contribution in [0.2, 0.25) is 0 Å². The third kappa shape index (κ3) is 2.17. The third-order valence-electron chi connectivity index (χ3n) is 0.895. The lowest BCUT2D eigenvalue weighted by atomic mass is 10.1. The fourth-order valence-corrected chi connectivity index (χ4v) is 0.417. The van der Waals surface area contributed by atoms with Crippen LogP contribution in [-0.2, 0) is 19.2 Å². The van der Waals surface area contributed by atoms with E-state index in [1.165, 1.54) is 0 Å². The normalized spacial score (nSPS) is 9.18. The molecule has 0 aliphatic carbocycles. The minimum absolute atomic E-state index is 0.326. The number of rotatable bonds is 4. The van der Waals surface area contributed by atoms with Crippen LogP contribution in [-0.4, -0.2) is 34.2 Å². The first-order valence-electron chi connectivity index (χ1n) is 2.45. The van der Waals surface area contributed by atoms with Crippen molar-refractivity contribution in [3.8, 4) is 0 Å². The molecule has 0 aromatic rings. The summed E-state index contributed by atoms with van der Waals surface area (Å²) in [7, 11) is 0. The van der Waals surface area contributed by atoms with Crippen LogP contribution in [0.3, 0.4) is 0 Å². The summed E-state index contributed by atoms with van der Waals surface area (Å²) in [5.74, 6) is -7.42. The van der Waals surface area contributed by atoms with Gasteiger partial charge in [0.2, 0.25) is 11.7 Å². The Balaban J connectivity index is 4.60. The molecule has 0 spiro atoms. The van der Waals surface area contributed by atoms with Gasteiger partial charge in [-0.3, -0.25) is 19.2 Å². The van der Waals surface area contributed by atoms with Crippen molar-refractivity contribution in [3.05, 3.63) is 0 Å². The van der Waals surface area contributed by atoms with Gasteiger partial charge in [0.25, 0.3) is 0 Å². The van der Waals surface area contributed by atoms with Crippen LogP contribution < -0.4 is 0 Å². The Morgan fingerprint density at radius 3 is 1.55 bits per heavy atom. The standard InChI is InChI=1S/C5H4O6/c6-1-2(7)3(4(8)9)5(10)11/h1,3H,(H,8,9)(H,10,11). The smallest absolute Gasteiger partial charge is 0.326 e. The molecule has 0 aromatic carbocycles. The van der Waals surface area contributed by atoms with Crippen molar-refractivity contribution in [2.24, 2.45) is 5.92 Å². The van der Waals surface area contributed by atoms with Crippen molar-refractivity contribution >= 4 is 24.0 Å². The average molecular weight is 160 g/mol. The minimum Gasteiger partial charge on any atom is -0.480 e. The molecule has 0 radical (unpaired) electrons. The van der Waals surface area contributed by atoms with Crippen LogP contribution in [0.25, 0.3) is 0 Å². The van der Waals surface area contributed by atoms with Gasteiger partial charge in [0.05, 0.1) is 0 Å². The molecule has 0 amide bonds. The number of aldehydes is 1. The Morgan fingerprint density at radius 1 is 1.09 bits per heavy atom. The maximum absolute atomic E-state index is 10.3. The molecule has 0 heterocycles. The number of ketones is 1. The van der Waals surface area contributed by atoms with Gasteiger partial charge < -0.3 is 10.2 Å². The second kappa shape index (κ2) is 3.45. The summed E-state index contributed by atoms with van der Waals surface area (Å²) in [5, 5.41) is 16.2. The molecule has 0 aliphatic heterocycles. The summed E-state index contributed by atoms with van der Waals surface area (Å²) in [4.78, 5) is 39.9. The Bertz CT molecular complexity index is 203. The molecule has 60 valence electrons. The largest absolute Gasteiger partial charge is 0.480 e. The number of carboxylic acids is 2. The van der Waals surface area contributed by atoms with E-state index in [4.69, 9.17) is 10.2 Å². The SMILES string of the molecule is O=CC(=O)C(C(=O)O)C(=O)O. The predicted octanol–water partition coefficient (Wildman–Crippen LogP) is -1.46. The lowest BCUT2D eigenvalue weighted by Crippen LogP contribution is -2.32. The van der Waals surface area contributed by atoms with E-state index in [9.17, 15) is 19.2 Å². The number of hydrogen-bond donors (Lipinski definition) is 2. The first-order valence-corrected chi connectivity index (χ1v) is 2.45. The van der Waals surface area contributed by atoms with Crippen molar-refractivity contribution < 1.29 is 29.4 Å². The Hall–Kier alpha value is -1.72. The van der Waals surface area contributed by atoms with Crippen molar-refractivity contribution in [2.75, 3.05) is 0 Å². The van der Waals surface area contributed by atoms with Crippen LogP contribution in [0.5, 0.6) is 0 Å². The van der Waals surface area contributed by atoms with E-state index < -0.39 is 23.6 Å². The maximum atomic E-state index is 10.3. The van der Waals surface area contributed by atoms with E-state index >= 15 is 0 Å². The highest BCUT2D eigenvalue weighted by atomic mass is 16.4. The molecular formula is C5H4O6. The summed E-state index contributed by atoms with van der Waals surface area (Å²) in [6, 6.07) is 0. The number of Topliss-reactive ketones (excluding diaryl/α,β-unsaturated/α-hetero) is 1. The predicted molar refractivity (Wildman–Crippen MR) is 29.8 cm³/mol. The molecule has 0 rings (SSSR count). The van der Waals surface area contributed by atoms with Crippen LogP contribution in [0, 0.1) is 5.92 Å². The molecule has 0 fully saturated rings. The van der Waals surface area contributed by atoms with E-state index in [-0.39, 0.29) is 6.29 Å². The monoisotopic (exact) mass is 160 g/mol. The van der Waals surface area contributed by atoms with Gasteiger partial charge in [-0.1, -0.05) is 0 Å². The highest BCUT2D eigenvalue weighted by Gasteiger charge is 2.33. The molecule has 0 unspecified atom stereocenters. The highest BCUT2D eigenvalue weighted by molar-refractivity contribution is 6.36. The van der Waals surface area contributed by atoms with Gasteiger partial charge in [-0.05, 0) is 0 Å². The summed E-state index contributed by atoms with van der Waals surface area (Å²) in [6.07, 6.45) is -0.326. The molecule has 0 saturated carbocycles. The fourth-order valence-electron chi connectivity index (χ4n) is 0.417.